The Hall–Kier alpha value is -0.940. The van der Waals surface area contributed by atoms with Crippen LogP contribution >= 0.6 is 22.9 Å². The molecule has 0 radical (unpaired) electrons. The van der Waals surface area contributed by atoms with E-state index in [0.717, 1.165) is 37.2 Å². The van der Waals surface area contributed by atoms with Gasteiger partial charge in [-0.15, -0.1) is 11.3 Å². The van der Waals surface area contributed by atoms with Gasteiger partial charge < -0.3 is 10.0 Å². The van der Waals surface area contributed by atoms with Crippen LogP contribution in [-0.4, -0.2) is 34.6 Å². The van der Waals surface area contributed by atoms with Crippen molar-refractivity contribution in [2.75, 3.05) is 19.6 Å². The topological polar surface area (TPSA) is 36.4 Å². The van der Waals surface area contributed by atoms with Gasteiger partial charge in [-0.05, 0) is 50.6 Å². The first-order valence-corrected chi connectivity index (χ1v) is 8.95. The third-order valence-corrected chi connectivity index (χ3v) is 5.64. The number of halogens is 1. The van der Waals surface area contributed by atoms with Crippen molar-refractivity contribution in [1.29, 1.82) is 0 Å². The van der Waals surface area contributed by atoms with Gasteiger partial charge in [0.15, 0.2) is 0 Å². The van der Waals surface area contributed by atoms with Gasteiger partial charge >= 0.3 is 0 Å². The van der Waals surface area contributed by atoms with Crippen LogP contribution in [0.25, 0.3) is 0 Å². The van der Waals surface area contributed by atoms with Gasteiger partial charge in [0.1, 0.15) is 0 Å². The summed E-state index contributed by atoms with van der Waals surface area (Å²) in [6, 6.07) is 7.46. The van der Waals surface area contributed by atoms with E-state index in [-0.39, 0.29) is 0 Å². The quantitative estimate of drug-likeness (QED) is 0.916. The molecule has 0 amide bonds. The van der Waals surface area contributed by atoms with Gasteiger partial charge in [0.25, 0.3) is 0 Å². The second-order valence-corrected chi connectivity index (χ2v) is 7.30. The molecule has 1 saturated heterocycles. The van der Waals surface area contributed by atoms with E-state index in [0.29, 0.717) is 17.5 Å². The zero-order valence-electron chi connectivity index (χ0n) is 12.7. The van der Waals surface area contributed by atoms with Gasteiger partial charge in [0.2, 0.25) is 0 Å². The highest BCUT2D eigenvalue weighted by molar-refractivity contribution is 7.09. The number of thiazole rings is 1. The molecule has 0 saturated carbocycles. The fourth-order valence-corrected chi connectivity index (χ4v) is 4.05. The molecule has 3 nitrogen and oxygen atoms in total. The number of likely N-dealkylation sites (tertiary alicyclic amines) is 1. The Morgan fingerprint density at radius 1 is 1.32 bits per heavy atom. The summed E-state index contributed by atoms with van der Waals surface area (Å²) in [6.45, 7) is 4.78. The van der Waals surface area contributed by atoms with Crippen molar-refractivity contribution in [3.63, 3.8) is 0 Å². The van der Waals surface area contributed by atoms with Crippen molar-refractivity contribution < 1.29 is 5.11 Å². The first-order chi connectivity index (χ1) is 10.6. The van der Waals surface area contributed by atoms with Crippen LogP contribution < -0.4 is 0 Å². The number of benzene rings is 1. The monoisotopic (exact) mass is 336 g/mol. The molecule has 1 fully saturated rings. The van der Waals surface area contributed by atoms with Crippen molar-refractivity contribution in [3.8, 4) is 0 Å². The minimum Gasteiger partial charge on any atom is -0.387 e. The zero-order chi connectivity index (χ0) is 15.5. The van der Waals surface area contributed by atoms with E-state index in [9.17, 15) is 5.11 Å². The predicted molar refractivity (Wildman–Crippen MR) is 91.7 cm³/mol. The number of hydrogen-bond donors (Lipinski definition) is 1. The van der Waals surface area contributed by atoms with Crippen molar-refractivity contribution in [1.82, 2.24) is 9.88 Å². The smallest absolute Gasteiger partial charge is 0.0960 e. The van der Waals surface area contributed by atoms with Crippen molar-refractivity contribution in [2.45, 2.75) is 31.8 Å². The first-order valence-electron chi connectivity index (χ1n) is 7.70. The van der Waals surface area contributed by atoms with E-state index >= 15 is 0 Å². The summed E-state index contributed by atoms with van der Waals surface area (Å²) in [6.07, 6.45) is 1.80. The third-order valence-electron chi connectivity index (χ3n) is 4.26. The average molecular weight is 337 g/mol. The summed E-state index contributed by atoms with van der Waals surface area (Å²) in [5.41, 5.74) is 2.06. The Bertz CT molecular complexity index is 605. The van der Waals surface area contributed by atoms with E-state index in [2.05, 4.69) is 22.2 Å². The minimum absolute atomic E-state index is 0.448. The molecule has 118 valence electrons. The number of aryl methyl sites for hydroxylation is 1. The molecule has 0 spiro atoms. The molecule has 1 aliphatic rings. The Kier molecular flexibility index (Phi) is 5.14. The lowest BCUT2D eigenvalue weighted by Gasteiger charge is -2.32. The molecule has 22 heavy (non-hydrogen) atoms. The number of aromatic nitrogens is 1. The van der Waals surface area contributed by atoms with E-state index in [1.54, 1.807) is 11.3 Å². The van der Waals surface area contributed by atoms with Crippen LogP contribution in [0.4, 0.5) is 0 Å². The lowest BCUT2D eigenvalue weighted by Crippen LogP contribution is -2.36. The molecular formula is C17H21ClN2OS. The standard InChI is InChI=1S/C17H21ClN2OS/c1-12-11-22-17(19-12)14-6-8-20(9-7-14)10-16(21)13-2-4-15(18)5-3-13/h2-5,11,14,16,21H,6-10H2,1H3. The average Bonchev–Trinajstić information content (AvgIpc) is 2.95. The number of rotatable bonds is 4. The molecule has 0 aliphatic carbocycles. The van der Waals surface area contributed by atoms with E-state index in [4.69, 9.17) is 11.6 Å². The number of nitrogens with zero attached hydrogens (tertiary/aromatic N) is 2. The third kappa shape index (κ3) is 3.87. The van der Waals surface area contributed by atoms with Gasteiger partial charge in [0, 0.05) is 28.6 Å². The molecule has 1 unspecified atom stereocenters. The molecule has 1 atom stereocenters. The number of aliphatic hydroxyl groups is 1. The number of aliphatic hydroxyl groups excluding tert-OH is 1. The van der Waals surface area contributed by atoms with Crippen LogP contribution in [0.5, 0.6) is 0 Å². The van der Waals surface area contributed by atoms with E-state index in [1.807, 2.05) is 24.3 Å². The molecule has 1 aliphatic heterocycles. The van der Waals surface area contributed by atoms with Crippen LogP contribution in [0.3, 0.4) is 0 Å². The normalized spacial score (nSPS) is 18.5. The molecule has 1 aromatic heterocycles. The summed E-state index contributed by atoms with van der Waals surface area (Å²) < 4.78 is 0. The molecule has 1 N–H and O–H groups in total. The van der Waals surface area contributed by atoms with Gasteiger partial charge in [-0.1, -0.05) is 23.7 Å². The maximum Gasteiger partial charge on any atom is 0.0960 e. The summed E-state index contributed by atoms with van der Waals surface area (Å²) in [7, 11) is 0. The molecule has 5 heteroatoms. The maximum absolute atomic E-state index is 10.4. The highest BCUT2D eigenvalue weighted by Crippen LogP contribution is 2.31. The molecule has 1 aromatic carbocycles. The Morgan fingerprint density at radius 3 is 2.59 bits per heavy atom. The minimum atomic E-state index is -0.448. The van der Waals surface area contributed by atoms with Crippen LogP contribution in [0.1, 0.15) is 41.1 Å². The highest BCUT2D eigenvalue weighted by Gasteiger charge is 2.24. The van der Waals surface area contributed by atoms with Crippen LogP contribution in [0.15, 0.2) is 29.6 Å². The Balaban J connectivity index is 1.52. The van der Waals surface area contributed by atoms with Crippen molar-refractivity contribution >= 4 is 22.9 Å². The molecule has 3 rings (SSSR count). The van der Waals surface area contributed by atoms with Gasteiger partial charge in [-0.25, -0.2) is 4.98 Å². The van der Waals surface area contributed by atoms with E-state index in [1.165, 1.54) is 5.01 Å². The number of β-amino-alcohol motifs (C(OH)–C–C–N with tert-alkyl or cyclic N) is 1. The Morgan fingerprint density at radius 2 is 2.00 bits per heavy atom. The molecule has 2 aromatic rings. The maximum atomic E-state index is 10.4. The van der Waals surface area contributed by atoms with Gasteiger partial charge in [0.05, 0.1) is 11.1 Å². The molecule has 0 bridgehead atoms. The summed E-state index contributed by atoms with van der Waals surface area (Å²) >= 11 is 7.67. The fourth-order valence-electron chi connectivity index (χ4n) is 2.96. The fraction of sp³-hybridized carbons (Fsp3) is 0.471. The second-order valence-electron chi connectivity index (χ2n) is 5.97. The van der Waals surface area contributed by atoms with Crippen LogP contribution in [-0.2, 0) is 0 Å². The second kappa shape index (κ2) is 7.09. The number of hydrogen-bond acceptors (Lipinski definition) is 4. The van der Waals surface area contributed by atoms with Crippen molar-refractivity contribution in [2.24, 2.45) is 0 Å². The Labute approximate surface area is 140 Å². The largest absolute Gasteiger partial charge is 0.387 e. The lowest BCUT2D eigenvalue weighted by atomic mass is 9.97. The SMILES string of the molecule is Cc1csc(C2CCN(CC(O)c3ccc(Cl)cc3)CC2)n1. The van der Waals surface area contributed by atoms with Crippen molar-refractivity contribution in [3.05, 3.63) is 50.9 Å². The summed E-state index contributed by atoms with van der Waals surface area (Å²) in [5, 5.41) is 14.5. The van der Waals surface area contributed by atoms with Crippen LogP contribution in [0.2, 0.25) is 5.02 Å². The number of piperidine rings is 1. The van der Waals surface area contributed by atoms with Gasteiger partial charge in [-0.2, -0.15) is 0 Å². The van der Waals surface area contributed by atoms with E-state index < -0.39 is 6.10 Å². The zero-order valence-corrected chi connectivity index (χ0v) is 14.3. The predicted octanol–water partition coefficient (Wildman–Crippen LogP) is 4.02. The summed E-state index contributed by atoms with van der Waals surface area (Å²) in [5.74, 6) is 0.586. The highest BCUT2D eigenvalue weighted by atomic mass is 35.5. The lowest BCUT2D eigenvalue weighted by molar-refractivity contribution is 0.0972. The summed E-state index contributed by atoms with van der Waals surface area (Å²) in [4.78, 5) is 6.96. The van der Waals surface area contributed by atoms with Crippen LogP contribution in [0, 0.1) is 6.92 Å². The van der Waals surface area contributed by atoms with Gasteiger partial charge in [-0.3, -0.25) is 0 Å². The first kappa shape index (κ1) is 15.9. The molecular weight excluding hydrogens is 316 g/mol. The molecule has 2 heterocycles.